The van der Waals surface area contributed by atoms with E-state index in [1.54, 1.807) is 0 Å². The van der Waals surface area contributed by atoms with Crippen molar-refractivity contribution in [3.63, 3.8) is 0 Å². The van der Waals surface area contributed by atoms with E-state index < -0.39 is 0 Å². The van der Waals surface area contributed by atoms with Crippen LogP contribution in [0.25, 0.3) is 0 Å². The van der Waals surface area contributed by atoms with Gasteiger partial charge >= 0.3 is 0 Å². The summed E-state index contributed by atoms with van der Waals surface area (Å²) >= 11 is 2.10. The number of hydrogen-bond acceptors (Lipinski definition) is 2. The highest BCUT2D eigenvalue weighted by Gasteiger charge is 2.21. The number of ether oxygens (including phenoxy) is 1. The van der Waals surface area contributed by atoms with E-state index in [-0.39, 0.29) is 0 Å². The van der Waals surface area contributed by atoms with Crippen LogP contribution in [0, 0.1) is 0 Å². The van der Waals surface area contributed by atoms with Crippen LogP contribution in [0.4, 0.5) is 0 Å². The van der Waals surface area contributed by atoms with Crippen molar-refractivity contribution in [1.29, 1.82) is 0 Å². The lowest BCUT2D eigenvalue weighted by atomic mass is 10.1. The van der Waals surface area contributed by atoms with Gasteiger partial charge in [-0.15, -0.1) is 0 Å². The first-order chi connectivity index (χ1) is 7.36. The second kappa shape index (κ2) is 5.83. The molecule has 1 heterocycles. The minimum absolute atomic E-state index is 0.406. The summed E-state index contributed by atoms with van der Waals surface area (Å²) in [6, 6.07) is 0. The molecule has 1 aliphatic carbocycles. The molecular formula is C13H22OS. The molecule has 86 valence electrons. The van der Waals surface area contributed by atoms with Gasteiger partial charge in [0.05, 0.1) is 6.26 Å². The third-order valence-corrected chi connectivity index (χ3v) is 5.01. The van der Waals surface area contributed by atoms with E-state index in [0.717, 1.165) is 5.25 Å². The van der Waals surface area contributed by atoms with Gasteiger partial charge in [-0.25, -0.2) is 0 Å². The zero-order valence-corrected chi connectivity index (χ0v) is 10.5. The van der Waals surface area contributed by atoms with Gasteiger partial charge in [0.1, 0.15) is 6.10 Å². The Morgan fingerprint density at radius 2 is 2.07 bits per heavy atom. The fourth-order valence-corrected chi connectivity index (χ4v) is 3.72. The number of hydrogen-bond donors (Lipinski definition) is 0. The van der Waals surface area contributed by atoms with Crippen molar-refractivity contribution < 1.29 is 4.74 Å². The molecule has 1 saturated carbocycles. The predicted octanol–water partition coefficient (Wildman–Crippen LogP) is 4.14. The SMILES string of the molecule is CC(OC=C1CCCC1)C1CCCCS1. The maximum atomic E-state index is 5.88. The van der Waals surface area contributed by atoms with E-state index in [9.17, 15) is 0 Å². The van der Waals surface area contributed by atoms with Gasteiger partial charge in [-0.05, 0) is 56.8 Å². The van der Waals surface area contributed by atoms with Crippen molar-refractivity contribution in [3.8, 4) is 0 Å². The first-order valence-electron chi connectivity index (χ1n) is 6.31. The van der Waals surface area contributed by atoms with Crippen LogP contribution >= 0.6 is 11.8 Å². The molecule has 15 heavy (non-hydrogen) atoms. The second-order valence-electron chi connectivity index (χ2n) is 4.73. The van der Waals surface area contributed by atoms with Crippen LogP contribution in [0.2, 0.25) is 0 Å². The van der Waals surface area contributed by atoms with E-state index in [1.807, 2.05) is 0 Å². The minimum atomic E-state index is 0.406. The molecule has 1 nitrogen and oxygen atoms in total. The normalized spacial score (nSPS) is 28.9. The molecule has 2 atom stereocenters. The summed E-state index contributed by atoms with van der Waals surface area (Å²) in [6.07, 6.45) is 11.9. The van der Waals surface area contributed by atoms with E-state index in [1.165, 1.54) is 56.3 Å². The van der Waals surface area contributed by atoms with Crippen molar-refractivity contribution in [2.45, 2.75) is 63.2 Å². The largest absolute Gasteiger partial charge is 0.497 e. The zero-order chi connectivity index (χ0) is 10.5. The molecule has 1 saturated heterocycles. The molecule has 2 aliphatic rings. The Morgan fingerprint density at radius 3 is 2.73 bits per heavy atom. The van der Waals surface area contributed by atoms with Gasteiger partial charge in [0.2, 0.25) is 0 Å². The fourth-order valence-electron chi connectivity index (χ4n) is 2.37. The highest BCUT2D eigenvalue weighted by Crippen LogP contribution is 2.30. The number of allylic oxidation sites excluding steroid dienone is 1. The third kappa shape index (κ3) is 3.44. The topological polar surface area (TPSA) is 9.23 Å². The van der Waals surface area contributed by atoms with Gasteiger partial charge in [-0.2, -0.15) is 11.8 Å². The average Bonchev–Trinajstić information content (AvgIpc) is 2.80. The van der Waals surface area contributed by atoms with E-state index in [0.29, 0.717) is 6.10 Å². The van der Waals surface area contributed by atoms with Crippen LogP contribution in [0.1, 0.15) is 51.9 Å². The van der Waals surface area contributed by atoms with Crippen LogP contribution in [0.5, 0.6) is 0 Å². The minimum Gasteiger partial charge on any atom is -0.497 e. The molecule has 0 bridgehead atoms. The van der Waals surface area contributed by atoms with Gasteiger partial charge in [0.15, 0.2) is 0 Å². The molecule has 0 aromatic rings. The Bertz CT molecular complexity index is 211. The lowest BCUT2D eigenvalue weighted by Gasteiger charge is -2.26. The molecular weight excluding hydrogens is 204 g/mol. The molecule has 0 spiro atoms. The highest BCUT2D eigenvalue weighted by molar-refractivity contribution is 8.00. The van der Waals surface area contributed by atoms with Crippen molar-refractivity contribution in [2.24, 2.45) is 0 Å². The Balaban J connectivity index is 1.75. The molecule has 2 rings (SSSR count). The zero-order valence-electron chi connectivity index (χ0n) is 9.71. The molecule has 0 aromatic heterocycles. The standard InChI is InChI=1S/C13H22OS/c1-11(13-8-4-5-9-15-13)14-10-12-6-2-3-7-12/h10-11,13H,2-9H2,1H3. The summed E-state index contributed by atoms with van der Waals surface area (Å²) in [5.41, 5.74) is 1.53. The molecule has 2 fully saturated rings. The van der Waals surface area contributed by atoms with E-state index in [4.69, 9.17) is 4.74 Å². The van der Waals surface area contributed by atoms with Gasteiger partial charge in [-0.1, -0.05) is 6.42 Å². The molecule has 2 unspecified atom stereocenters. The maximum Gasteiger partial charge on any atom is 0.107 e. The fraction of sp³-hybridized carbons (Fsp3) is 0.846. The van der Waals surface area contributed by atoms with Crippen molar-refractivity contribution in [1.82, 2.24) is 0 Å². The summed E-state index contributed by atoms with van der Waals surface area (Å²) in [6.45, 7) is 2.23. The molecule has 2 heteroatoms. The van der Waals surface area contributed by atoms with E-state index in [2.05, 4.69) is 24.9 Å². The molecule has 0 N–H and O–H groups in total. The Hall–Kier alpha value is -0.110. The summed E-state index contributed by atoms with van der Waals surface area (Å²) in [5, 5.41) is 0.733. The first-order valence-corrected chi connectivity index (χ1v) is 7.36. The van der Waals surface area contributed by atoms with Crippen LogP contribution in [-0.4, -0.2) is 17.1 Å². The molecule has 0 amide bonds. The molecule has 0 aromatic carbocycles. The van der Waals surface area contributed by atoms with Crippen LogP contribution in [-0.2, 0) is 4.74 Å². The Morgan fingerprint density at radius 1 is 1.27 bits per heavy atom. The summed E-state index contributed by atoms with van der Waals surface area (Å²) in [5.74, 6) is 1.33. The van der Waals surface area contributed by atoms with E-state index >= 15 is 0 Å². The lowest BCUT2D eigenvalue weighted by molar-refractivity contribution is 0.151. The van der Waals surface area contributed by atoms with Gasteiger partial charge in [0.25, 0.3) is 0 Å². The van der Waals surface area contributed by atoms with Crippen molar-refractivity contribution >= 4 is 11.8 Å². The van der Waals surface area contributed by atoms with Crippen LogP contribution in [0.3, 0.4) is 0 Å². The van der Waals surface area contributed by atoms with Crippen molar-refractivity contribution in [2.75, 3.05) is 5.75 Å². The smallest absolute Gasteiger partial charge is 0.107 e. The number of rotatable bonds is 3. The number of thioether (sulfide) groups is 1. The van der Waals surface area contributed by atoms with Gasteiger partial charge in [-0.3, -0.25) is 0 Å². The summed E-state index contributed by atoms with van der Waals surface area (Å²) < 4.78 is 5.88. The first kappa shape index (κ1) is 11.4. The highest BCUT2D eigenvalue weighted by atomic mass is 32.2. The monoisotopic (exact) mass is 226 g/mol. The van der Waals surface area contributed by atoms with Crippen molar-refractivity contribution in [3.05, 3.63) is 11.8 Å². The Labute approximate surface area is 97.7 Å². The summed E-state index contributed by atoms with van der Waals surface area (Å²) in [4.78, 5) is 0. The predicted molar refractivity (Wildman–Crippen MR) is 67.2 cm³/mol. The maximum absolute atomic E-state index is 5.88. The molecule has 1 aliphatic heterocycles. The Kier molecular flexibility index (Phi) is 4.42. The third-order valence-electron chi connectivity index (χ3n) is 3.43. The van der Waals surface area contributed by atoms with Crippen LogP contribution < -0.4 is 0 Å². The molecule has 0 radical (unpaired) electrons. The quantitative estimate of drug-likeness (QED) is 0.669. The second-order valence-corrected chi connectivity index (χ2v) is 6.08. The van der Waals surface area contributed by atoms with Crippen LogP contribution in [0.15, 0.2) is 11.8 Å². The lowest BCUT2D eigenvalue weighted by Crippen LogP contribution is -2.24. The van der Waals surface area contributed by atoms with Gasteiger partial charge < -0.3 is 4.74 Å². The average molecular weight is 226 g/mol. The van der Waals surface area contributed by atoms with Gasteiger partial charge in [0, 0.05) is 5.25 Å². The summed E-state index contributed by atoms with van der Waals surface area (Å²) in [7, 11) is 0.